The maximum Gasteiger partial charge on any atom is 0.421 e. The van der Waals surface area contributed by atoms with Crippen LogP contribution in [0, 0.1) is 0 Å². The lowest BCUT2D eigenvalue weighted by Crippen LogP contribution is -2.35. The van der Waals surface area contributed by atoms with Crippen LogP contribution < -0.4 is 0 Å². The fourth-order valence-corrected chi connectivity index (χ4v) is 0.546. The van der Waals surface area contributed by atoms with Crippen LogP contribution in [0.25, 0.3) is 0 Å². The second-order valence-corrected chi connectivity index (χ2v) is 4.18. The van der Waals surface area contributed by atoms with E-state index in [0.29, 0.717) is 4.31 Å². The molecule has 0 N–H and O–H groups in total. The Hall–Kier alpha value is -0.620. The average Bonchev–Trinajstić information content (AvgIpc) is 1.82. The molecule has 6 heteroatoms. The summed E-state index contributed by atoms with van der Waals surface area (Å²) in [6, 6.07) is 0. The zero-order chi connectivity index (χ0) is 9.94. The van der Waals surface area contributed by atoms with Crippen LogP contribution in [0.1, 0.15) is 20.8 Å². The van der Waals surface area contributed by atoms with E-state index in [0.717, 1.165) is 7.05 Å². The SMILES string of the molecule is CN(C(=O)OC(C)(C)C)S(=O)[O-]. The maximum absolute atomic E-state index is 10.9. The first-order chi connectivity index (χ1) is 5.24. The van der Waals surface area contributed by atoms with Crippen LogP contribution in [-0.4, -0.2) is 31.8 Å². The molecule has 0 aromatic heterocycles. The zero-order valence-corrected chi connectivity index (χ0v) is 8.30. The van der Waals surface area contributed by atoms with Gasteiger partial charge in [0.05, 0.1) is 11.3 Å². The Kier molecular flexibility index (Phi) is 3.66. The summed E-state index contributed by atoms with van der Waals surface area (Å²) in [5.74, 6) is 0. The van der Waals surface area contributed by atoms with Gasteiger partial charge in [0, 0.05) is 7.05 Å². The smallest absolute Gasteiger partial charge is 0.421 e. The molecule has 1 amide bonds. The number of carbonyl (C=O) groups is 1. The van der Waals surface area contributed by atoms with Crippen molar-refractivity contribution in [2.75, 3.05) is 7.05 Å². The summed E-state index contributed by atoms with van der Waals surface area (Å²) < 4.78 is 25.7. The Morgan fingerprint density at radius 2 is 1.92 bits per heavy atom. The Labute approximate surface area is 74.1 Å². The Balaban J connectivity index is 4.15. The van der Waals surface area contributed by atoms with Gasteiger partial charge in [-0.1, -0.05) is 0 Å². The van der Waals surface area contributed by atoms with Crippen LogP contribution in [0.5, 0.6) is 0 Å². The molecule has 1 atom stereocenters. The number of nitrogens with zero attached hydrogens (tertiary/aromatic N) is 1. The van der Waals surface area contributed by atoms with E-state index < -0.39 is 23.0 Å². The molecule has 0 aliphatic rings. The molecule has 0 bridgehead atoms. The van der Waals surface area contributed by atoms with Crippen molar-refractivity contribution in [1.29, 1.82) is 0 Å². The molecule has 0 rings (SSSR count). The van der Waals surface area contributed by atoms with Crippen LogP contribution >= 0.6 is 0 Å². The molecule has 0 saturated carbocycles. The van der Waals surface area contributed by atoms with Gasteiger partial charge in [-0.25, -0.2) is 9.10 Å². The van der Waals surface area contributed by atoms with Gasteiger partial charge in [0.2, 0.25) is 0 Å². The fraction of sp³-hybridized carbons (Fsp3) is 0.833. The molecule has 0 saturated heterocycles. The topological polar surface area (TPSA) is 69.7 Å². The standard InChI is InChI=1S/C6H13NO4S/c1-6(2,3)11-5(8)7(4)12(9)10/h1-4H3,(H,9,10)/p-1. The van der Waals surface area contributed by atoms with Crippen molar-refractivity contribution in [3.05, 3.63) is 0 Å². The van der Waals surface area contributed by atoms with Crippen molar-refractivity contribution in [1.82, 2.24) is 4.31 Å². The lowest BCUT2D eigenvalue weighted by atomic mass is 10.2. The molecule has 0 aromatic carbocycles. The summed E-state index contributed by atoms with van der Waals surface area (Å²) in [6.45, 7) is 4.98. The van der Waals surface area contributed by atoms with Gasteiger partial charge in [-0.15, -0.1) is 0 Å². The molecular formula is C6H12NO4S-. The Bertz CT molecular complexity index is 198. The third kappa shape index (κ3) is 4.30. The summed E-state index contributed by atoms with van der Waals surface area (Å²) in [5, 5.41) is 0. The van der Waals surface area contributed by atoms with Crippen molar-refractivity contribution in [2.45, 2.75) is 26.4 Å². The number of carbonyl (C=O) groups excluding carboxylic acids is 1. The summed E-state index contributed by atoms with van der Waals surface area (Å²) in [6.07, 6.45) is -0.879. The first-order valence-electron chi connectivity index (χ1n) is 3.30. The minimum Gasteiger partial charge on any atom is -0.755 e. The zero-order valence-electron chi connectivity index (χ0n) is 7.49. The Morgan fingerprint density at radius 3 is 2.17 bits per heavy atom. The van der Waals surface area contributed by atoms with Crippen LogP contribution in [0.4, 0.5) is 4.79 Å². The molecule has 12 heavy (non-hydrogen) atoms. The highest BCUT2D eigenvalue weighted by Crippen LogP contribution is 2.09. The Morgan fingerprint density at radius 1 is 1.50 bits per heavy atom. The second-order valence-electron chi connectivity index (χ2n) is 3.19. The van der Waals surface area contributed by atoms with Crippen LogP contribution in [-0.2, 0) is 16.0 Å². The average molecular weight is 194 g/mol. The monoisotopic (exact) mass is 194 g/mol. The summed E-state index contributed by atoms with van der Waals surface area (Å²) in [4.78, 5) is 10.9. The number of amides is 1. The van der Waals surface area contributed by atoms with E-state index in [4.69, 9.17) is 4.74 Å². The molecule has 0 heterocycles. The van der Waals surface area contributed by atoms with Crippen molar-refractivity contribution >= 4 is 17.4 Å². The maximum atomic E-state index is 10.9. The van der Waals surface area contributed by atoms with Crippen molar-refractivity contribution < 1.29 is 18.3 Å². The third-order valence-electron chi connectivity index (χ3n) is 0.874. The van der Waals surface area contributed by atoms with Gasteiger partial charge < -0.3 is 9.29 Å². The van der Waals surface area contributed by atoms with Crippen LogP contribution in [0.3, 0.4) is 0 Å². The molecule has 0 radical (unpaired) electrons. The van der Waals surface area contributed by atoms with E-state index in [9.17, 15) is 13.6 Å². The van der Waals surface area contributed by atoms with Gasteiger partial charge in [-0.05, 0) is 20.8 Å². The number of rotatable bonds is 1. The minimum atomic E-state index is -2.57. The van der Waals surface area contributed by atoms with E-state index in [1.54, 1.807) is 20.8 Å². The largest absolute Gasteiger partial charge is 0.755 e. The van der Waals surface area contributed by atoms with E-state index >= 15 is 0 Å². The summed E-state index contributed by atoms with van der Waals surface area (Å²) in [7, 11) is 1.12. The molecule has 72 valence electrons. The molecule has 0 spiro atoms. The van der Waals surface area contributed by atoms with E-state index in [1.807, 2.05) is 0 Å². The molecule has 0 fully saturated rings. The van der Waals surface area contributed by atoms with Crippen LogP contribution in [0.15, 0.2) is 0 Å². The van der Waals surface area contributed by atoms with Gasteiger partial charge >= 0.3 is 6.09 Å². The van der Waals surface area contributed by atoms with Gasteiger partial charge in [0.25, 0.3) is 0 Å². The van der Waals surface area contributed by atoms with E-state index in [2.05, 4.69) is 0 Å². The number of hydrogen-bond acceptors (Lipinski definition) is 4. The highest BCUT2D eigenvalue weighted by molar-refractivity contribution is 7.77. The first kappa shape index (κ1) is 11.4. The lowest BCUT2D eigenvalue weighted by Gasteiger charge is -2.25. The van der Waals surface area contributed by atoms with Crippen molar-refractivity contribution in [3.8, 4) is 0 Å². The number of ether oxygens (including phenoxy) is 1. The van der Waals surface area contributed by atoms with Gasteiger partial charge in [0.15, 0.2) is 0 Å². The lowest BCUT2D eigenvalue weighted by molar-refractivity contribution is 0.0418. The molecule has 5 nitrogen and oxygen atoms in total. The van der Waals surface area contributed by atoms with Crippen molar-refractivity contribution in [2.24, 2.45) is 0 Å². The third-order valence-corrected chi connectivity index (χ3v) is 1.47. The fourth-order valence-electron chi connectivity index (χ4n) is 0.387. The normalized spacial score (nSPS) is 13.8. The molecule has 0 aliphatic carbocycles. The van der Waals surface area contributed by atoms with E-state index in [1.165, 1.54) is 0 Å². The molecule has 0 aliphatic heterocycles. The van der Waals surface area contributed by atoms with Crippen molar-refractivity contribution in [3.63, 3.8) is 0 Å². The summed E-state index contributed by atoms with van der Waals surface area (Å²) >= 11 is -2.57. The predicted octanol–water partition coefficient (Wildman–Crippen LogP) is 0.647. The predicted molar refractivity (Wildman–Crippen MR) is 42.9 cm³/mol. The van der Waals surface area contributed by atoms with E-state index in [-0.39, 0.29) is 0 Å². The van der Waals surface area contributed by atoms with Crippen LogP contribution in [0.2, 0.25) is 0 Å². The van der Waals surface area contributed by atoms with Gasteiger partial charge in [0.1, 0.15) is 5.60 Å². The minimum absolute atomic E-state index is 0.491. The highest BCUT2D eigenvalue weighted by atomic mass is 32.2. The van der Waals surface area contributed by atoms with Gasteiger partial charge in [-0.3, -0.25) is 4.21 Å². The highest BCUT2D eigenvalue weighted by Gasteiger charge is 2.19. The summed E-state index contributed by atoms with van der Waals surface area (Å²) in [5.41, 5.74) is -0.676. The quantitative estimate of drug-likeness (QED) is 0.574. The molecule has 0 aromatic rings. The molecule has 1 unspecified atom stereocenters. The number of hydrogen-bond donors (Lipinski definition) is 0. The first-order valence-corrected chi connectivity index (χ1v) is 4.33. The second kappa shape index (κ2) is 3.86. The molecular weight excluding hydrogens is 182 g/mol. The van der Waals surface area contributed by atoms with Gasteiger partial charge in [-0.2, -0.15) is 0 Å².